The first-order chi connectivity index (χ1) is 28.8. The predicted octanol–water partition coefficient (Wildman–Crippen LogP) is 14.1. The van der Waals surface area contributed by atoms with E-state index in [4.69, 9.17) is 0 Å². The Labute approximate surface area is 333 Å². The molecule has 0 saturated carbocycles. The molecule has 0 aliphatic heterocycles. The van der Waals surface area contributed by atoms with Crippen molar-refractivity contribution >= 4 is 87.2 Å². The number of hydrogen-bond donors (Lipinski definition) is 0. The number of para-hydroxylation sites is 8. The van der Waals surface area contributed by atoms with Gasteiger partial charge in [0.05, 0.1) is 55.5 Å². The van der Waals surface area contributed by atoms with Crippen molar-refractivity contribution in [1.29, 1.82) is 0 Å². The summed E-state index contributed by atoms with van der Waals surface area (Å²) >= 11 is 0. The lowest BCUT2D eigenvalue weighted by molar-refractivity contribution is 1.09. The molecule has 13 rings (SSSR count). The SMILES string of the molecule is c1ccc(-n2c3ccccc3c3cc(-n4c5ccccc5c5ccccc54)ccc32)c(-n2c3ccccc3c3cc(-n4c5ccccc5c5ccccc54)ccc32)c1. The highest BCUT2D eigenvalue weighted by Crippen LogP contribution is 2.41. The molecule has 4 heteroatoms. The van der Waals surface area contributed by atoms with E-state index in [-0.39, 0.29) is 0 Å². The standard InChI is InChI=1S/C54H34N4/c1-7-21-45-37(15-1)38-16-2-8-22-46(38)55(45)35-29-31-51-43(33-35)41-19-5-11-25-49(41)57(51)53-27-13-14-28-54(53)58-50-26-12-6-20-42(50)44-34-36(30-32-52(44)58)56-47-23-9-3-17-39(47)40-18-4-10-24-48(40)56/h1-34H. The summed E-state index contributed by atoms with van der Waals surface area (Å²) < 4.78 is 9.75. The molecule has 0 saturated heterocycles. The third-order valence-electron chi connectivity index (χ3n) is 12.4. The van der Waals surface area contributed by atoms with Crippen LogP contribution in [0.3, 0.4) is 0 Å². The molecule has 13 aromatic rings. The number of rotatable bonds is 4. The second kappa shape index (κ2) is 11.8. The Morgan fingerprint density at radius 3 is 0.759 bits per heavy atom. The summed E-state index contributed by atoms with van der Waals surface area (Å²) in [4.78, 5) is 0. The van der Waals surface area contributed by atoms with Crippen LogP contribution >= 0.6 is 0 Å². The Hall–Kier alpha value is -7.82. The maximum Gasteiger partial charge on any atom is 0.0702 e. The van der Waals surface area contributed by atoms with Crippen LogP contribution in [-0.2, 0) is 0 Å². The van der Waals surface area contributed by atoms with Gasteiger partial charge >= 0.3 is 0 Å². The smallest absolute Gasteiger partial charge is 0.0702 e. The first kappa shape index (κ1) is 31.4. The maximum absolute atomic E-state index is 2.46. The lowest BCUT2D eigenvalue weighted by Gasteiger charge is -2.17. The third kappa shape index (κ3) is 4.23. The maximum atomic E-state index is 2.46. The van der Waals surface area contributed by atoms with E-state index in [1.807, 2.05) is 0 Å². The van der Waals surface area contributed by atoms with Crippen molar-refractivity contribution in [3.05, 3.63) is 206 Å². The average molecular weight is 739 g/mol. The molecule has 4 nitrogen and oxygen atoms in total. The largest absolute Gasteiger partial charge is 0.309 e. The molecule has 58 heavy (non-hydrogen) atoms. The van der Waals surface area contributed by atoms with E-state index >= 15 is 0 Å². The van der Waals surface area contributed by atoms with Crippen molar-refractivity contribution in [1.82, 2.24) is 18.3 Å². The number of benzene rings is 9. The quantitative estimate of drug-likeness (QED) is 0.171. The first-order valence-electron chi connectivity index (χ1n) is 20.0. The molecule has 4 heterocycles. The van der Waals surface area contributed by atoms with Crippen molar-refractivity contribution in [2.24, 2.45) is 0 Å². The van der Waals surface area contributed by atoms with E-state index in [1.165, 1.54) is 87.2 Å². The minimum absolute atomic E-state index is 1.13. The van der Waals surface area contributed by atoms with E-state index in [1.54, 1.807) is 0 Å². The molecule has 9 aromatic carbocycles. The summed E-state index contributed by atoms with van der Waals surface area (Å²) in [6.07, 6.45) is 0. The van der Waals surface area contributed by atoms with Gasteiger partial charge in [-0.15, -0.1) is 0 Å². The van der Waals surface area contributed by atoms with Crippen LogP contribution in [0.1, 0.15) is 0 Å². The van der Waals surface area contributed by atoms with Gasteiger partial charge in [-0.3, -0.25) is 0 Å². The van der Waals surface area contributed by atoms with Crippen LogP contribution in [0, 0.1) is 0 Å². The number of nitrogens with zero attached hydrogens (tertiary/aromatic N) is 4. The molecule has 0 fully saturated rings. The Morgan fingerprint density at radius 2 is 0.431 bits per heavy atom. The monoisotopic (exact) mass is 738 g/mol. The van der Waals surface area contributed by atoms with Crippen LogP contribution in [0.4, 0.5) is 0 Å². The fraction of sp³-hybridized carbons (Fsp3) is 0. The van der Waals surface area contributed by atoms with Gasteiger partial charge in [0.1, 0.15) is 0 Å². The minimum atomic E-state index is 1.13. The summed E-state index contributed by atoms with van der Waals surface area (Å²) in [5.41, 5.74) is 14.1. The highest BCUT2D eigenvalue weighted by molar-refractivity contribution is 6.14. The van der Waals surface area contributed by atoms with Gasteiger partial charge in [-0.05, 0) is 84.9 Å². The van der Waals surface area contributed by atoms with Crippen LogP contribution < -0.4 is 0 Å². The lowest BCUT2D eigenvalue weighted by Crippen LogP contribution is -2.03. The van der Waals surface area contributed by atoms with Gasteiger partial charge in [-0.2, -0.15) is 0 Å². The highest BCUT2D eigenvalue weighted by atomic mass is 15.1. The topological polar surface area (TPSA) is 19.7 Å². The zero-order valence-corrected chi connectivity index (χ0v) is 31.4. The molecule has 0 bridgehead atoms. The van der Waals surface area contributed by atoms with E-state index < -0.39 is 0 Å². The van der Waals surface area contributed by atoms with Gasteiger partial charge in [0.2, 0.25) is 0 Å². The van der Waals surface area contributed by atoms with Crippen LogP contribution in [0.5, 0.6) is 0 Å². The van der Waals surface area contributed by atoms with E-state index in [9.17, 15) is 0 Å². The summed E-state index contributed by atoms with van der Waals surface area (Å²) in [5.74, 6) is 0. The van der Waals surface area contributed by atoms with Crippen molar-refractivity contribution in [2.45, 2.75) is 0 Å². The van der Waals surface area contributed by atoms with Crippen LogP contribution in [0.2, 0.25) is 0 Å². The normalized spacial score (nSPS) is 12.1. The first-order valence-corrected chi connectivity index (χ1v) is 20.0. The number of aromatic nitrogens is 4. The lowest BCUT2D eigenvalue weighted by atomic mass is 10.1. The summed E-state index contributed by atoms with van der Waals surface area (Å²) in [7, 11) is 0. The molecule has 4 aromatic heterocycles. The van der Waals surface area contributed by atoms with Gasteiger partial charge in [0.25, 0.3) is 0 Å². The second-order valence-corrected chi connectivity index (χ2v) is 15.3. The van der Waals surface area contributed by atoms with Crippen molar-refractivity contribution < 1.29 is 0 Å². The van der Waals surface area contributed by atoms with Crippen molar-refractivity contribution in [2.75, 3.05) is 0 Å². The third-order valence-corrected chi connectivity index (χ3v) is 12.4. The Balaban J connectivity index is 1.05. The Bertz CT molecular complexity index is 3450. The number of hydrogen-bond acceptors (Lipinski definition) is 0. The zero-order valence-electron chi connectivity index (χ0n) is 31.4. The van der Waals surface area contributed by atoms with Crippen LogP contribution in [0.15, 0.2) is 206 Å². The summed E-state index contributed by atoms with van der Waals surface area (Å²) in [5, 5.41) is 9.98. The molecule has 0 radical (unpaired) electrons. The summed E-state index contributed by atoms with van der Waals surface area (Å²) in [6.45, 7) is 0. The molecule has 0 aliphatic rings. The molecule has 0 aliphatic carbocycles. The predicted molar refractivity (Wildman–Crippen MR) is 244 cm³/mol. The Morgan fingerprint density at radius 1 is 0.190 bits per heavy atom. The average Bonchev–Trinajstić information content (AvgIpc) is 4.01. The van der Waals surface area contributed by atoms with Gasteiger partial charge in [-0.25, -0.2) is 0 Å². The van der Waals surface area contributed by atoms with Gasteiger partial charge in [-0.1, -0.05) is 121 Å². The van der Waals surface area contributed by atoms with Gasteiger partial charge in [0.15, 0.2) is 0 Å². The van der Waals surface area contributed by atoms with Crippen LogP contribution in [-0.4, -0.2) is 18.3 Å². The highest BCUT2D eigenvalue weighted by Gasteiger charge is 2.21. The summed E-state index contributed by atoms with van der Waals surface area (Å²) in [6, 6.07) is 75.5. The molecule has 0 amide bonds. The van der Waals surface area contributed by atoms with Gasteiger partial charge in [0, 0.05) is 54.5 Å². The van der Waals surface area contributed by atoms with Gasteiger partial charge < -0.3 is 18.3 Å². The van der Waals surface area contributed by atoms with E-state index in [0.29, 0.717) is 0 Å². The van der Waals surface area contributed by atoms with Crippen molar-refractivity contribution in [3.8, 4) is 22.7 Å². The second-order valence-electron chi connectivity index (χ2n) is 15.3. The molecule has 0 unspecified atom stereocenters. The van der Waals surface area contributed by atoms with Crippen molar-refractivity contribution in [3.63, 3.8) is 0 Å². The number of fused-ring (bicyclic) bond motifs is 12. The molecule has 0 N–H and O–H groups in total. The van der Waals surface area contributed by atoms with Crippen LogP contribution in [0.25, 0.3) is 110 Å². The minimum Gasteiger partial charge on any atom is -0.309 e. The van der Waals surface area contributed by atoms with E-state index in [2.05, 4.69) is 225 Å². The molecule has 0 spiro atoms. The molecule has 0 atom stereocenters. The fourth-order valence-corrected chi connectivity index (χ4v) is 9.96. The molecular weight excluding hydrogens is 705 g/mol. The zero-order chi connectivity index (χ0) is 37.9. The Kier molecular flexibility index (Phi) is 6.41. The molecule has 270 valence electrons. The fourth-order valence-electron chi connectivity index (χ4n) is 9.96. The molecular formula is C54H34N4. The van der Waals surface area contributed by atoms with E-state index in [0.717, 1.165) is 22.7 Å².